The van der Waals surface area contributed by atoms with Crippen molar-refractivity contribution in [2.45, 2.75) is 59.5 Å². The van der Waals surface area contributed by atoms with Crippen LogP contribution in [0.25, 0.3) is 0 Å². The van der Waals surface area contributed by atoms with Gasteiger partial charge in [-0.3, -0.25) is 9.59 Å². The zero-order valence-electron chi connectivity index (χ0n) is 12.7. The average Bonchev–Trinajstić information content (AvgIpc) is 2.30. The third-order valence-electron chi connectivity index (χ3n) is 3.39. The molecule has 108 valence electrons. The van der Waals surface area contributed by atoms with Crippen LogP contribution in [0.1, 0.15) is 47.5 Å². The van der Waals surface area contributed by atoms with E-state index in [0.717, 1.165) is 6.42 Å². The molecule has 0 saturated carbocycles. The Balaban J connectivity index is 3.03. The molecule has 0 spiro atoms. The third-order valence-corrected chi connectivity index (χ3v) is 3.39. The van der Waals surface area contributed by atoms with Crippen LogP contribution >= 0.6 is 0 Å². The molecule has 2 amide bonds. The average molecular weight is 266 g/mol. The molecule has 1 aliphatic rings. The summed E-state index contributed by atoms with van der Waals surface area (Å²) in [5.74, 6) is 0.00882. The summed E-state index contributed by atoms with van der Waals surface area (Å²) in [6.07, 6.45) is 5.43. The van der Waals surface area contributed by atoms with Crippen LogP contribution in [0, 0.1) is 5.41 Å². The third kappa shape index (κ3) is 3.58. The summed E-state index contributed by atoms with van der Waals surface area (Å²) in [6.45, 7) is 10.4. The van der Waals surface area contributed by atoms with Crippen molar-refractivity contribution in [1.29, 1.82) is 0 Å². The maximum atomic E-state index is 12.5. The highest BCUT2D eigenvalue weighted by Gasteiger charge is 2.45. The van der Waals surface area contributed by atoms with Crippen molar-refractivity contribution in [1.82, 2.24) is 10.2 Å². The van der Waals surface area contributed by atoms with Crippen LogP contribution < -0.4 is 5.32 Å². The summed E-state index contributed by atoms with van der Waals surface area (Å²) in [5.41, 5.74) is -0.265. The maximum absolute atomic E-state index is 12.5. The Bertz CT molecular complexity index is 369. The second-order valence-corrected chi connectivity index (χ2v) is 6.18. The number of nitrogens with zero attached hydrogens (tertiary/aromatic N) is 1. The largest absolute Gasteiger partial charge is 0.342 e. The van der Waals surface area contributed by atoms with Crippen molar-refractivity contribution >= 4 is 11.8 Å². The van der Waals surface area contributed by atoms with Gasteiger partial charge in [0.05, 0.1) is 0 Å². The Labute approximate surface area is 116 Å². The van der Waals surface area contributed by atoms with Crippen LogP contribution in [0.5, 0.6) is 0 Å². The van der Waals surface area contributed by atoms with E-state index in [4.69, 9.17) is 0 Å². The smallest absolute Gasteiger partial charge is 0.246 e. The van der Waals surface area contributed by atoms with E-state index in [9.17, 15) is 9.59 Å². The molecule has 19 heavy (non-hydrogen) atoms. The molecule has 2 atom stereocenters. The molecule has 1 rings (SSSR count). The highest BCUT2D eigenvalue weighted by Crippen LogP contribution is 2.28. The molecule has 4 nitrogen and oxygen atoms in total. The monoisotopic (exact) mass is 266 g/mol. The number of amides is 2. The first-order valence-corrected chi connectivity index (χ1v) is 7.05. The SMILES string of the molecule is C/C=C/CN1C(=O)C(CCC)NC(=O)C1C(C)(C)C. The lowest BCUT2D eigenvalue weighted by Crippen LogP contribution is -2.66. The van der Waals surface area contributed by atoms with E-state index >= 15 is 0 Å². The van der Waals surface area contributed by atoms with E-state index in [0.29, 0.717) is 13.0 Å². The van der Waals surface area contributed by atoms with Crippen LogP contribution in [-0.4, -0.2) is 35.3 Å². The van der Waals surface area contributed by atoms with Gasteiger partial charge < -0.3 is 10.2 Å². The van der Waals surface area contributed by atoms with Crippen molar-refractivity contribution in [2.75, 3.05) is 6.54 Å². The maximum Gasteiger partial charge on any atom is 0.246 e. The molecule has 0 aromatic carbocycles. The standard InChI is InChI=1S/C15H26N2O2/c1-6-8-10-17-12(15(3,4)5)13(18)16-11(9-7-2)14(17)19/h6,8,11-12H,7,9-10H2,1-5H3,(H,16,18)/b8-6+. The van der Waals surface area contributed by atoms with Crippen LogP contribution in [0.2, 0.25) is 0 Å². The molecule has 0 aromatic heterocycles. The summed E-state index contributed by atoms with van der Waals surface area (Å²) in [6, 6.07) is -0.759. The van der Waals surface area contributed by atoms with Crippen LogP contribution in [0.15, 0.2) is 12.2 Å². The summed E-state index contributed by atoms with van der Waals surface area (Å²) in [4.78, 5) is 26.5. The minimum absolute atomic E-state index is 0.0324. The molecule has 1 fully saturated rings. The lowest BCUT2D eigenvalue weighted by molar-refractivity contribution is -0.153. The van der Waals surface area contributed by atoms with Crippen molar-refractivity contribution in [3.8, 4) is 0 Å². The number of hydrogen-bond donors (Lipinski definition) is 1. The van der Waals surface area contributed by atoms with Gasteiger partial charge in [-0.1, -0.05) is 46.3 Å². The van der Waals surface area contributed by atoms with Gasteiger partial charge in [-0.05, 0) is 18.8 Å². The summed E-state index contributed by atoms with van der Waals surface area (Å²) < 4.78 is 0. The number of nitrogens with one attached hydrogen (secondary N) is 1. The zero-order chi connectivity index (χ0) is 14.6. The number of carbonyl (C=O) groups is 2. The molecule has 0 radical (unpaired) electrons. The minimum atomic E-state index is -0.399. The Hall–Kier alpha value is -1.32. The van der Waals surface area contributed by atoms with Crippen molar-refractivity contribution in [2.24, 2.45) is 5.41 Å². The molecule has 0 aliphatic carbocycles. The topological polar surface area (TPSA) is 49.4 Å². The minimum Gasteiger partial charge on any atom is -0.342 e. The Kier molecular flexibility index (Phi) is 5.15. The van der Waals surface area contributed by atoms with E-state index < -0.39 is 6.04 Å². The van der Waals surface area contributed by atoms with E-state index in [1.165, 1.54) is 0 Å². The van der Waals surface area contributed by atoms with Crippen molar-refractivity contribution in [3.63, 3.8) is 0 Å². The first-order valence-electron chi connectivity index (χ1n) is 7.05. The summed E-state index contributed by atoms with van der Waals surface area (Å²) in [5, 5.41) is 2.88. The molecule has 2 unspecified atom stereocenters. The number of piperazine rings is 1. The number of allylic oxidation sites excluding steroid dienone is 1. The number of hydrogen-bond acceptors (Lipinski definition) is 2. The van der Waals surface area contributed by atoms with E-state index in [1.807, 2.05) is 46.8 Å². The van der Waals surface area contributed by atoms with E-state index in [2.05, 4.69) is 5.32 Å². The van der Waals surface area contributed by atoms with Crippen LogP contribution in [-0.2, 0) is 9.59 Å². The first kappa shape index (κ1) is 15.7. The molecular formula is C15H26N2O2. The highest BCUT2D eigenvalue weighted by molar-refractivity contribution is 5.97. The molecule has 4 heteroatoms. The predicted molar refractivity (Wildman–Crippen MR) is 76.6 cm³/mol. The molecule has 1 N–H and O–H groups in total. The van der Waals surface area contributed by atoms with Gasteiger partial charge in [0, 0.05) is 6.54 Å². The van der Waals surface area contributed by atoms with Gasteiger partial charge in [0.15, 0.2) is 0 Å². The number of carbonyl (C=O) groups excluding carboxylic acids is 2. The highest BCUT2D eigenvalue weighted by atomic mass is 16.2. The van der Waals surface area contributed by atoms with Gasteiger partial charge in [-0.25, -0.2) is 0 Å². The molecule has 1 aliphatic heterocycles. The van der Waals surface area contributed by atoms with Crippen molar-refractivity contribution < 1.29 is 9.59 Å². The summed E-state index contributed by atoms with van der Waals surface area (Å²) >= 11 is 0. The summed E-state index contributed by atoms with van der Waals surface area (Å²) in [7, 11) is 0. The fraction of sp³-hybridized carbons (Fsp3) is 0.733. The number of rotatable bonds is 4. The van der Waals surface area contributed by atoms with Gasteiger partial charge in [-0.15, -0.1) is 0 Å². The molecule has 1 heterocycles. The van der Waals surface area contributed by atoms with E-state index in [-0.39, 0.29) is 23.3 Å². The quantitative estimate of drug-likeness (QED) is 0.792. The fourth-order valence-corrected chi connectivity index (χ4v) is 2.54. The molecule has 0 aromatic rings. The van der Waals surface area contributed by atoms with E-state index in [1.54, 1.807) is 4.90 Å². The van der Waals surface area contributed by atoms with Crippen LogP contribution in [0.3, 0.4) is 0 Å². The molecular weight excluding hydrogens is 240 g/mol. The Morgan fingerprint density at radius 3 is 2.42 bits per heavy atom. The second kappa shape index (κ2) is 6.22. The lowest BCUT2D eigenvalue weighted by Gasteiger charge is -2.44. The second-order valence-electron chi connectivity index (χ2n) is 6.18. The van der Waals surface area contributed by atoms with Gasteiger partial charge in [0.2, 0.25) is 11.8 Å². The normalized spacial score (nSPS) is 25.0. The lowest BCUT2D eigenvalue weighted by atomic mass is 9.82. The Morgan fingerprint density at radius 2 is 1.95 bits per heavy atom. The van der Waals surface area contributed by atoms with Gasteiger partial charge in [0.25, 0.3) is 0 Å². The molecule has 1 saturated heterocycles. The zero-order valence-corrected chi connectivity index (χ0v) is 12.7. The first-order chi connectivity index (χ1) is 8.82. The van der Waals surface area contributed by atoms with Gasteiger partial charge in [0.1, 0.15) is 12.1 Å². The van der Waals surface area contributed by atoms with Gasteiger partial charge >= 0.3 is 0 Å². The fourth-order valence-electron chi connectivity index (χ4n) is 2.54. The van der Waals surface area contributed by atoms with Crippen molar-refractivity contribution in [3.05, 3.63) is 12.2 Å². The Morgan fingerprint density at radius 1 is 1.32 bits per heavy atom. The van der Waals surface area contributed by atoms with Gasteiger partial charge in [-0.2, -0.15) is 0 Å². The predicted octanol–water partition coefficient (Wildman–Crippen LogP) is 2.10. The van der Waals surface area contributed by atoms with Crippen LogP contribution in [0.4, 0.5) is 0 Å². The molecule has 0 bridgehead atoms.